The number of anilines is 1. The van der Waals surface area contributed by atoms with Crippen molar-refractivity contribution >= 4 is 27.6 Å². The number of H-pyrrole nitrogens is 1. The number of aryl methyl sites for hydroxylation is 1. The number of hydrogen-bond donors (Lipinski definition) is 2. The van der Waals surface area contributed by atoms with Crippen LogP contribution in [0.3, 0.4) is 0 Å². The molecule has 2 N–H and O–H groups in total. The topological polar surface area (TPSA) is 66.5 Å². The van der Waals surface area contributed by atoms with Gasteiger partial charge in [-0.05, 0) is 49.1 Å². The van der Waals surface area contributed by atoms with E-state index in [1.807, 2.05) is 24.3 Å². The van der Waals surface area contributed by atoms with Crippen LogP contribution in [-0.2, 0) is 12.8 Å². The normalized spacial score (nSPS) is 15.8. The Bertz CT molecular complexity index is 1420. The van der Waals surface area contributed by atoms with E-state index in [2.05, 4.69) is 44.5 Å². The fraction of sp³-hybridized carbons (Fsp3) is 0.160. The molecule has 1 atom stereocenters. The van der Waals surface area contributed by atoms with E-state index < -0.39 is 5.82 Å². The van der Waals surface area contributed by atoms with Crippen LogP contribution in [0.15, 0.2) is 67.0 Å². The van der Waals surface area contributed by atoms with Gasteiger partial charge >= 0.3 is 0 Å². The van der Waals surface area contributed by atoms with Crippen molar-refractivity contribution in [3.05, 3.63) is 84.1 Å². The largest absolute Gasteiger partial charge is 0.366 e. The van der Waals surface area contributed by atoms with Crippen molar-refractivity contribution in [1.29, 1.82) is 0 Å². The van der Waals surface area contributed by atoms with Crippen LogP contribution in [0.2, 0.25) is 0 Å². The molecule has 2 aromatic carbocycles. The summed E-state index contributed by atoms with van der Waals surface area (Å²) < 4.78 is 13.7. The van der Waals surface area contributed by atoms with E-state index in [1.165, 1.54) is 34.4 Å². The Kier molecular flexibility index (Phi) is 4.16. The molecule has 1 aliphatic carbocycles. The van der Waals surface area contributed by atoms with E-state index in [4.69, 9.17) is 4.98 Å². The molecule has 0 saturated carbocycles. The van der Waals surface area contributed by atoms with Gasteiger partial charge in [-0.2, -0.15) is 0 Å². The molecule has 0 aliphatic heterocycles. The second-order valence-corrected chi connectivity index (χ2v) is 8.02. The zero-order valence-corrected chi connectivity index (χ0v) is 16.8. The van der Waals surface area contributed by atoms with Gasteiger partial charge in [0.1, 0.15) is 11.6 Å². The summed E-state index contributed by atoms with van der Waals surface area (Å²) in [6.45, 7) is 0. The van der Waals surface area contributed by atoms with Crippen LogP contribution >= 0.6 is 0 Å². The number of halogens is 1. The van der Waals surface area contributed by atoms with Gasteiger partial charge in [-0.1, -0.05) is 30.3 Å². The summed E-state index contributed by atoms with van der Waals surface area (Å²) >= 11 is 0. The second-order valence-electron chi connectivity index (χ2n) is 8.02. The second kappa shape index (κ2) is 7.16. The molecule has 152 valence electrons. The van der Waals surface area contributed by atoms with Crippen molar-refractivity contribution in [2.45, 2.75) is 25.3 Å². The van der Waals surface area contributed by atoms with Crippen LogP contribution in [0.4, 0.5) is 10.2 Å². The van der Waals surface area contributed by atoms with Gasteiger partial charge in [0, 0.05) is 39.8 Å². The van der Waals surface area contributed by atoms with Crippen molar-refractivity contribution < 1.29 is 4.39 Å². The maximum Gasteiger partial charge on any atom is 0.163 e. The third-order valence-corrected chi connectivity index (χ3v) is 6.00. The molecular formula is C25H20FN5. The van der Waals surface area contributed by atoms with Gasteiger partial charge in [0.2, 0.25) is 0 Å². The molecule has 0 saturated heterocycles. The van der Waals surface area contributed by atoms with Crippen LogP contribution < -0.4 is 5.32 Å². The summed E-state index contributed by atoms with van der Waals surface area (Å²) in [4.78, 5) is 16.9. The van der Waals surface area contributed by atoms with Crippen LogP contribution in [0.5, 0.6) is 0 Å². The number of aromatic amines is 1. The third kappa shape index (κ3) is 3.20. The first-order valence-electron chi connectivity index (χ1n) is 10.5. The summed E-state index contributed by atoms with van der Waals surface area (Å²) in [7, 11) is 0. The number of fused-ring (bicyclic) bond motifs is 4. The fourth-order valence-corrected chi connectivity index (χ4v) is 4.54. The highest BCUT2D eigenvalue weighted by Crippen LogP contribution is 2.32. The summed E-state index contributed by atoms with van der Waals surface area (Å²) in [6, 6.07) is 18.0. The highest BCUT2D eigenvalue weighted by Gasteiger charge is 2.23. The number of para-hydroxylation sites is 2. The highest BCUT2D eigenvalue weighted by molar-refractivity contribution is 5.91. The van der Waals surface area contributed by atoms with Crippen molar-refractivity contribution in [1.82, 2.24) is 19.9 Å². The molecule has 0 unspecified atom stereocenters. The minimum absolute atomic E-state index is 0.253. The lowest BCUT2D eigenvalue weighted by atomic mass is 9.91. The van der Waals surface area contributed by atoms with E-state index in [1.54, 1.807) is 6.20 Å². The lowest BCUT2D eigenvalue weighted by molar-refractivity contribution is 0.606. The summed E-state index contributed by atoms with van der Waals surface area (Å²) in [5, 5.41) is 5.92. The smallest absolute Gasteiger partial charge is 0.163 e. The SMILES string of the molecule is Fc1cncc(-c2nc(N[C@@H]3CCc4[nH]c5ccccc5c4C3)c3ccccc3n2)c1. The number of hydrogen-bond acceptors (Lipinski definition) is 4. The first kappa shape index (κ1) is 18.0. The molecule has 0 radical (unpaired) electrons. The number of benzene rings is 2. The predicted molar refractivity (Wildman–Crippen MR) is 120 cm³/mol. The van der Waals surface area contributed by atoms with Crippen LogP contribution in [0.25, 0.3) is 33.2 Å². The van der Waals surface area contributed by atoms with Gasteiger partial charge in [-0.25, -0.2) is 14.4 Å². The van der Waals surface area contributed by atoms with Crippen molar-refractivity contribution in [3.63, 3.8) is 0 Å². The lowest BCUT2D eigenvalue weighted by Crippen LogP contribution is -2.27. The lowest BCUT2D eigenvalue weighted by Gasteiger charge is -2.25. The Morgan fingerprint density at radius 3 is 2.71 bits per heavy atom. The first-order chi connectivity index (χ1) is 15.2. The molecule has 1 aliphatic rings. The Morgan fingerprint density at radius 2 is 1.81 bits per heavy atom. The Hall–Kier alpha value is -3.80. The summed E-state index contributed by atoms with van der Waals surface area (Å²) in [5.41, 5.74) is 5.30. The number of nitrogens with zero attached hydrogens (tertiary/aromatic N) is 3. The Labute approximate surface area is 178 Å². The molecule has 0 amide bonds. The maximum atomic E-state index is 13.7. The summed E-state index contributed by atoms with van der Waals surface area (Å²) in [6.07, 6.45) is 5.70. The number of pyridine rings is 1. The van der Waals surface area contributed by atoms with Gasteiger partial charge in [0.15, 0.2) is 5.82 Å². The molecular weight excluding hydrogens is 389 g/mol. The fourth-order valence-electron chi connectivity index (χ4n) is 4.54. The van der Waals surface area contributed by atoms with Crippen LogP contribution in [0.1, 0.15) is 17.7 Å². The molecule has 0 bridgehead atoms. The van der Waals surface area contributed by atoms with Crippen LogP contribution in [0, 0.1) is 5.82 Å². The number of aromatic nitrogens is 4. The van der Waals surface area contributed by atoms with Gasteiger partial charge in [0.05, 0.1) is 11.7 Å². The first-order valence-corrected chi connectivity index (χ1v) is 10.5. The maximum absolute atomic E-state index is 13.7. The molecule has 0 fully saturated rings. The monoisotopic (exact) mass is 409 g/mol. The van der Waals surface area contributed by atoms with E-state index in [0.29, 0.717) is 11.4 Å². The minimum Gasteiger partial charge on any atom is -0.366 e. The zero-order chi connectivity index (χ0) is 20.8. The molecule has 6 heteroatoms. The van der Waals surface area contributed by atoms with E-state index in [0.717, 1.165) is 36.0 Å². The van der Waals surface area contributed by atoms with Crippen LogP contribution in [-0.4, -0.2) is 26.0 Å². The van der Waals surface area contributed by atoms with E-state index >= 15 is 0 Å². The standard InChI is InChI=1S/C25H20FN5/c26-16-11-15(13-27-14-16)24-30-22-8-4-2-6-19(22)25(31-24)28-17-9-10-23-20(12-17)18-5-1-3-7-21(18)29-23/h1-8,11,13-14,17,29H,9-10,12H2,(H,28,30,31)/t17-/m1/s1. The van der Waals surface area contributed by atoms with Gasteiger partial charge < -0.3 is 10.3 Å². The van der Waals surface area contributed by atoms with Gasteiger partial charge in [0.25, 0.3) is 0 Å². The van der Waals surface area contributed by atoms with Gasteiger partial charge in [-0.15, -0.1) is 0 Å². The molecule has 31 heavy (non-hydrogen) atoms. The van der Waals surface area contributed by atoms with Crippen molar-refractivity contribution in [3.8, 4) is 11.4 Å². The molecule has 5 aromatic rings. The zero-order valence-electron chi connectivity index (χ0n) is 16.8. The molecule has 3 heterocycles. The third-order valence-electron chi connectivity index (χ3n) is 6.00. The Morgan fingerprint density at radius 1 is 0.968 bits per heavy atom. The van der Waals surface area contributed by atoms with Crippen molar-refractivity contribution in [2.24, 2.45) is 0 Å². The Balaban J connectivity index is 1.39. The highest BCUT2D eigenvalue weighted by atomic mass is 19.1. The molecule has 5 nitrogen and oxygen atoms in total. The average Bonchev–Trinajstić information content (AvgIpc) is 3.17. The number of nitrogens with one attached hydrogen (secondary N) is 2. The average molecular weight is 409 g/mol. The number of rotatable bonds is 3. The predicted octanol–water partition coefficient (Wildman–Crippen LogP) is 5.28. The molecule has 0 spiro atoms. The molecule has 6 rings (SSSR count). The van der Waals surface area contributed by atoms with Crippen molar-refractivity contribution in [2.75, 3.05) is 5.32 Å². The molecule has 3 aromatic heterocycles. The minimum atomic E-state index is -0.400. The van der Waals surface area contributed by atoms with E-state index in [-0.39, 0.29) is 6.04 Å². The summed E-state index contributed by atoms with van der Waals surface area (Å²) in [5.74, 6) is 0.845. The quantitative estimate of drug-likeness (QED) is 0.425. The van der Waals surface area contributed by atoms with E-state index in [9.17, 15) is 4.39 Å². The van der Waals surface area contributed by atoms with Gasteiger partial charge in [-0.3, -0.25) is 4.98 Å².